The number of benzene rings is 2. The number of rotatable bonds is 5. The molecule has 0 unspecified atom stereocenters. The summed E-state index contributed by atoms with van der Waals surface area (Å²) in [7, 11) is 0. The summed E-state index contributed by atoms with van der Waals surface area (Å²) in [6, 6.07) is 14.5. The third-order valence-electron chi connectivity index (χ3n) is 4.14. The van der Waals surface area contributed by atoms with Gasteiger partial charge in [0, 0.05) is 12.2 Å². The van der Waals surface area contributed by atoms with E-state index in [2.05, 4.69) is 54.8 Å². The monoisotopic (exact) mass is 356 g/mol. The van der Waals surface area contributed by atoms with E-state index in [4.69, 9.17) is 21.7 Å². The van der Waals surface area contributed by atoms with Crippen LogP contribution in [0.4, 0.5) is 5.69 Å². The number of hydrogen-bond acceptors (Lipinski definition) is 3. The molecule has 3 rings (SSSR count). The summed E-state index contributed by atoms with van der Waals surface area (Å²) in [5, 5.41) is 7.10. The van der Waals surface area contributed by atoms with Crippen LogP contribution in [-0.2, 0) is 6.42 Å². The number of hydrogen-bond donors (Lipinski definition) is 2. The predicted molar refractivity (Wildman–Crippen MR) is 106 cm³/mol. The molecule has 132 valence electrons. The highest BCUT2D eigenvalue weighted by atomic mass is 32.1. The lowest BCUT2D eigenvalue weighted by molar-refractivity contribution is 0.171. The molecule has 0 fully saturated rings. The van der Waals surface area contributed by atoms with Crippen molar-refractivity contribution in [1.29, 1.82) is 0 Å². The number of fused-ring (bicyclic) bond motifs is 1. The van der Waals surface area contributed by atoms with E-state index >= 15 is 0 Å². The minimum atomic E-state index is 0.533. The van der Waals surface area contributed by atoms with E-state index in [1.165, 1.54) is 11.1 Å². The molecule has 0 radical (unpaired) electrons. The highest BCUT2D eigenvalue weighted by Crippen LogP contribution is 2.30. The van der Waals surface area contributed by atoms with Crippen LogP contribution in [0, 0.1) is 0 Å². The first-order valence-corrected chi connectivity index (χ1v) is 9.06. The third kappa shape index (κ3) is 4.86. The Kier molecular flexibility index (Phi) is 5.76. The van der Waals surface area contributed by atoms with Gasteiger partial charge >= 0.3 is 0 Å². The first-order valence-electron chi connectivity index (χ1n) is 8.65. The first-order chi connectivity index (χ1) is 12.1. The van der Waals surface area contributed by atoms with E-state index < -0.39 is 0 Å². The molecule has 1 aliphatic rings. The smallest absolute Gasteiger partial charge is 0.170 e. The van der Waals surface area contributed by atoms with Gasteiger partial charge in [-0.2, -0.15) is 0 Å². The molecule has 0 bridgehead atoms. The summed E-state index contributed by atoms with van der Waals surface area (Å²) in [6.45, 7) is 6.36. The van der Waals surface area contributed by atoms with Crippen molar-refractivity contribution in [1.82, 2.24) is 5.32 Å². The Labute approximate surface area is 154 Å². The minimum absolute atomic E-state index is 0.533. The van der Waals surface area contributed by atoms with Gasteiger partial charge in [0.05, 0.1) is 0 Å². The maximum Gasteiger partial charge on any atom is 0.170 e. The molecule has 2 aromatic rings. The average Bonchev–Trinajstić information content (AvgIpc) is 2.62. The first kappa shape index (κ1) is 17.5. The molecule has 0 saturated carbocycles. The normalized spacial score (nSPS) is 12.8. The summed E-state index contributed by atoms with van der Waals surface area (Å²) in [5.41, 5.74) is 3.52. The maximum atomic E-state index is 5.61. The maximum absolute atomic E-state index is 5.61. The highest BCUT2D eigenvalue weighted by Gasteiger charge is 2.11. The molecule has 5 heteroatoms. The highest BCUT2D eigenvalue weighted by molar-refractivity contribution is 7.80. The van der Waals surface area contributed by atoms with Gasteiger partial charge in [-0.15, -0.1) is 0 Å². The van der Waals surface area contributed by atoms with Crippen LogP contribution in [0.25, 0.3) is 0 Å². The van der Waals surface area contributed by atoms with E-state index in [1.54, 1.807) is 0 Å². The molecular weight excluding hydrogens is 332 g/mol. The second-order valence-corrected chi connectivity index (χ2v) is 6.79. The van der Waals surface area contributed by atoms with Crippen LogP contribution in [0.2, 0.25) is 0 Å². The number of nitrogens with one attached hydrogen (secondary N) is 2. The molecule has 1 aliphatic heterocycles. The number of thiocarbonyl (C=S) groups is 1. The second kappa shape index (κ2) is 8.21. The van der Waals surface area contributed by atoms with Gasteiger partial charge in [-0.3, -0.25) is 0 Å². The summed E-state index contributed by atoms with van der Waals surface area (Å²) >= 11 is 5.37. The van der Waals surface area contributed by atoms with Crippen LogP contribution in [0.1, 0.15) is 30.9 Å². The van der Waals surface area contributed by atoms with Crippen molar-refractivity contribution in [2.24, 2.45) is 0 Å². The molecule has 2 aromatic carbocycles. The van der Waals surface area contributed by atoms with Gasteiger partial charge in [0.15, 0.2) is 16.6 Å². The van der Waals surface area contributed by atoms with Gasteiger partial charge < -0.3 is 20.1 Å². The molecule has 0 atom stereocenters. The van der Waals surface area contributed by atoms with Crippen molar-refractivity contribution in [2.45, 2.75) is 26.2 Å². The molecular formula is C20H24N2O2S. The number of ether oxygens (including phenoxy) is 2. The molecule has 25 heavy (non-hydrogen) atoms. The predicted octanol–water partition coefficient (Wildman–Crippen LogP) is 4.11. The van der Waals surface area contributed by atoms with Crippen LogP contribution in [0.3, 0.4) is 0 Å². The molecule has 0 amide bonds. The lowest BCUT2D eigenvalue weighted by Gasteiger charge is -2.19. The second-order valence-electron chi connectivity index (χ2n) is 6.39. The van der Waals surface area contributed by atoms with Gasteiger partial charge in [-0.25, -0.2) is 0 Å². The van der Waals surface area contributed by atoms with Crippen molar-refractivity contribution in [2.75, 3.05) is 25.1 Å². The van der Waals surface area contributed by atoms with E-state index in [0.29, 0.717) is 24.2 Å². The molecule has 0 spiro atoms. The Hall–Kier alpha value is -2.27. The van der Waals surface area contributed by atoms with E-state index in [0.717, 1.165) is 30.2 Å². The van der Waals surface area contributed by atoms with E-state index in [9.17, 15) is 0 Å². The standard InChI is InChI=1S/C20H24N2O2S/c1-14(2)16-4-6-17(7-5-16)22-20(25)21-10-9-15-3-8-18-19(13-15)24-12-11-23-18/h3-8,13-14H,9-12H2,1-2H3,(H2,21,22,25). The summed E-state index contributed by atoms with van der Waals surface area (Å²) < 4.78 is 11.2. The van der Waals surface area contributed by atoms with Crippen LogP contribution in [0.15, 0.2) is 42.5 Å². The Morgan fingerprint density at radius 3 is 2.48 bits per heavy atom. The zero-order chi connectivity index (χ0) is 17.6. The molecule has 1 heterocycles. The Balaban J connectivity index is 1.46. The van der Waals surface area contributed by atoms with E-state index in [-0.39, 0.29) is 0 Å². The van der Waals surface area contributed by atoms with Crippen molar-refractivity contribution >= 4 is 23.0 Å². The average molecular weight is 356 g/mol. The molecule has 0 saturated heterocycles. The summed E-state index contributed by atoms with van der Waals surface area (Å²) in [5.74, 6) is 2.19. The van der Waals surface area contributed by atoms with Gasteiger partial charge in [0.25, 0.3) is 0 Å². The van der Waals surface area contributed by atoms with Crippen molar-refractivity contribution in [3.63, 3.8) is 0 Å². The molecule has 0 aliphatic carbocycles. The van der Waals surface area contributed by atoms with Crippen molar-refractivity contribution in [3.8, 4) is 11.5 Å². The topological polar surface area (TPSA) is 42.5 Å². The van der Waals surface area contributed by atoms with Crippen molar-refractivity contribution < 1.29 is 9.47 Å². The lowest BCUT2D eigenvalue weighted by atomic mass is 10.0. The SMILES string of the molecule is CC(C)c1ccc(NC(=S)NCCc2ccc3c(c2)OCCO3)cc1. The Morgan fingerprint density at radius 2 is 1.76 bits per heavy atom. The van der Waals surface area contributed by atoms with Gasteiger partial charge in [0.1, 0.15) is 13.2 Å². The van der Waals surface area contributed by atoms with Crippen LogP contribution in [0.5, 0.6) is 11.5 Å². The zero-order valence-electron chi connectivity index (χ0n) is 14.7. The van der Waals surface area contributed by atoms with Crippen LogP contribution >= 0.6 is 12.2 Å². The van der Waals surface area contributed by atoms with Gasteiger partial charge in [-0.05, 0) is 59.9 Å². The molecule has 4 nitrogen and oxygen atoms in total. The zero-order valence-corrected chi connectivity index (χ0v) is 15.5. The molecule has 2 N–H and O–H groups in total. The molecule has 0 aromatic heterocycles. The lowest BCUT2D eigenvalue weighted by Crippen LogP contribution is -2.30. The Bertz CT molecular complexity index is 729. The Morgan fingerprint density at radius 1 is 1.04 bits per heavy atom. The fraction of sp³-hybridized carbons (Fsp3) is 0.350. The van der Waals surface area contributed by atoms with Gasteiger partial charge in [0.2, 0.25) is 0 Å². The van der Waals surface area contributed by atoms with Crippen molar-refractivity contribution in [3.05, 3.63) is 53.6 Å². The van der Waals surface area contributed by atoms with Crippen LogP contribution < -0.4 is 20.1 Å². The minimum Gasteiger partial charge on any atom is -0.486 e. The quantitative estimate of drug-likeness (QED) is 0.789. The fourth-order valence-electron chi connectivity index (χ4n) is 2.69. The fourth-order valence-corrected chi connectivity index (χ4v) is 2.91. The third-order valence-corrected chi connectivity index (χ3v) is 4.39. The summed E-state index contributed by atoms with van der Waals surface area (Å²) in [6.07, 6.45) is 0.866. The number of anilines is 1. The largest absolute Gasteiger partial charge is 0.486 e. The van der Waals surface area contributed by atoms with Crippen LogP contribution in [-0.4, -0.2) is 24.9 Å². The summed E-state index contributed by atoms with van der Waals surface area (Å²) in [4.78, 5) is 0. The van der Waals surface area contributed by atoms with Gasteiger partial charge in [-0.1, -0.05) is 32.0 Å². The van der Waals surface area contributed by atoms with E-state index in [1.807, 2.05) is 12.1 Å².